The van der Waals surface area contributed by atoms with Gasteiger partial charge in [-0.1, -0.05) is 19.1 Å². The maximum absolute atomic E-state index is 12.0. The molecular formula is C29H30N6O2S. The third-order valence-corrected chi connectivity index (χ3v) is 7.14. The molecule has 1 amide bonds. The summed E-state index contributed by atoms with van der Waals surface area (Å²) in [5, 5.41) is 7.00. The number of nitrogens with one attached hydrogen (secondary N) is 2. The van der Waals surface area contributed by atoms with Crippen molar-refractivity contribution in [2.45, 2.75) is 39.3 Å². The number of thiocarbonyl (C=S) groups is 1. The second-order valence-electron chi connectivity index (χ2n) is 9.13. The van der Waals surface area contributed by atoms with Gasteiger partial charge < -0.3 is 24.8 Å². The normalized spacial score (nSPS) is 16.8. The molecule has 1 fully saturated rings. The second-order valence-corrected chi connectivity index (χ2v) is 9.52. The Morgan fingerprint density at radius 2 is 1.84 bits per heavy atom. The lowest BCUT2D eigenvalue weighted by molar-refractivity contribution is -0.115. The zero-order chi connectivity index (χ0) is 26.8. The molecule has 0 aliphatic carbocycles. The van der Waals surface area contributed by atoms with Gasteiger partial charge in [0, 0.05) is 42.0 Å². The fraction of sp³-hybridized carbons (Fsp3) is 0.241. The Hall–Kier alpha value is -4.24. The number of hydrogen-bond donors (Lipinski definition) is 2. The van der Waals surface area contributed by atoms with Crippen LogP contribution < -0.4 is 20.3 Å². The summed E-state index contributed by atoms with van der Waals surface area (Å²) in [4.78, 5) is 23.4. The predicted octanol–water partition coefficient (Wildman–Crippen LogP) is 5.42. The number of amides is 1. The zero-order valence-corrected chi connectivity index (χ0v) is 22.6. The second kappa shape index (κ2) is 10.6. The van der Waals surface area contributed by atoms with Crippen LogP contribution in [-0.4, -0.2) is 32.7 Å². The minimum Gasteiger partial charge on any atom is -0.494 e. The first-order valence-electron chi connectivity index (χ1n) is 12.5. The number of carbonyl (C=O) groups excluding carboxylic acids is 1. The molecule has 8 nitrogen and oxygen atoms in total. The van der Waals surface area contributed by atoms with Crippen molar-refractivity contribution < 1.29 is 9.53 Å². The summed E-state index contributed by atoms with van der Waals surface area (Å²) >= 11 is 5.91. The van der Waals surface area contributed by atoms with Gasteiger partial charge in [0.15, 0.2) is 5.11 Å². The van der Waals surface area contributed by atoms with E-state index in [9.17, 15) is 4.79 Å². The van der Waals surface area contributed by atoms with Crippen LogP contribution in [0.5, 0.6) is 5.75 Å². The van der Waals surface area contributed by atoms with E-state index in [0.717, 1.165) is 34.2 Å². The number of pyridine rings is 2. The summed E-state index contributed by atoms with van der Waals surface area (Å²) in [6, 6.07) is 19.3. The lowest BCUT2D eigenvalue weighted by atomic mass is 9.96. The average molecular weight is 527 g/mol. The smallest absolute Gasteiger partial charge is 0.224 e. The predicted molar refractivity (Wildman–Crippen MR) is 153 cm³/mol. The average Bonchev–Trinajstić information content (AvgIpc) is 3.44. The summed E-state index contributed by atoms with van der Waals surface area (Å²) in [6.07, 6.45) is 3.98. The Kier molecular flexibility index (Phi) is 7.11. The molecule has 0 unspecified atom stereocenters. The highest BCUT2D eigenvalue weighted by molar-refractivity contribution is 7.80. The lowest BCUT2D eigenvalue weighted by Crippen LogP contribution is -2.29. The standard InChI is InChI=1S/C29H30N6O2S/c1-5-26(36)32-22-13-12-20(17-24(22)37-4)35-28(27(33-29(35)38)23-10-6-8-14-30-23)21-16-18(2)34(19(21)3)25-11-7-9-15-31-25/h6-17,27-28H,5H2,1-4H3,(H,32,36)(H,33,38)/t27-,28-/m0/s1. The third-order valence-electron chi connectivity index (χ3n) is 6.82. The number of hydrogen-bond acceptors (Lipinski definition) is 5. The molecule has 2 N–H and O–H groups in total. The van der Waals surface area contributed by atoms with E-state index in [2.05, 4.69) is 50.0 Å². The van der Waals surface area contributed by atoms with Crippen molar-refractivity contribution in [3.05, 3.63) is 95.7 Å². The van der Waals surface area contributed by atoms with E-state index < -0.39 is 0 Å². The van der Waals surface area contributed by atoms with Crippen LogP contribution in [0.2, 0.25) is 0 Å². The van der Waals surface area contributed by atoms with E-state index in [1.165, 1.54) is 0 Å². The van der Waals surface area contributed by atoms with Gasteiger partial charge in [-0.25, -0.2) is 4.98 Å². The molecule has 1 saturated heterocycles. The lowest BCUT2D eigenvalue weighted by Gasteiger charge is -2.28. The molecule has 1 aliphatic heterocycles. The van der Waals surface area contributed by atoms with Gasteiger partial charge in [-0.3, -0.25) is 9.78 Å². The number of ether oxygens (including phenoxy) is 1. The van der Waals surface area contributed by atoms with Crippen LogP contribution in [0.25, 0.3) is 5.82 Å². The SMILES string of the molecule is CCC(=O)Nc1ccc(N2C(=S)N[C@@H](c3ccccn3)[C@@H]2c2cc(C)n(-c3ccccn3)c2C)cc1OC. The monoisotopic (exact) mass is 526 g/mol. The molecule has 0 spiro atoms. The van der Waals surface area contributed by atoms with Crippen molar-refractivity contribution in [1.29, 1.82) is 0 Å². The Morgan fingerprint density at radius 1 is 1.08 bits per heavy atom. The van der Waals surface area contributed by atoms with Gasteiger partial charge in [0.2, 0.25) is 5.91 Å². The molecule has 0 bridgehead atoms. The summed E-state index contributed by atoms with van der Waals surface area (Å²) in [5.74, 6) is 1.34. The van der Waals surface area contributed by atoms with Crippen molar-refractivity contribution in [1.82, 2.24) is 19.9 Å². The molecule has 1 aliphatic rings. The van der Waals surface area contributed by atoms with Gasteiger partial charge in [-0.05, 0) is 74.1 Å². The minimum absolute atomic E-state index is 0.0792. The Morgan fingerprint density at radius 3 is 2.50 bits per heavy atom. The topological polar surface area (TPSA) is 84.3 Å². The minimum atomic E-state index is -0.193. The van der Waals surface area contributed by atoms with Gasteiger partial charge in [-0.2, -0.15) is 0 Å². The van der Waals surface area contributed by atoms with Crippen molar-refractivity contribution in [2.24, 2.45) is 0 Å². The Bertz CT molecular complexity index is 1470. The first-order valence-corrected chi connectivity index (χ1v) is 12.9. The largest absolute Gasteiger partial charge is 0.494 e. The van der Waals surface area contributed by atoms with Crippen LogP contribution in [0.1, 0.15) is 48.1 Å². The van der Waals surface area contributed by atoms with Crippen LogP contribution >= 0.6 is 12.2 Å². The number of aryl methyl sites for hydroxylation is 1. The van der Waals surface area contributed by atoms with Crippen LogP contribution in [0.4, 0.5) is 11.4 Å². The number of aromatic nitrogens is 3. The Labute approximate surface area is 227 Å². The molecule has 5 rings (SSSR count). The van der Waals surface area contributed by atoms with Crippen LogP contribution in [-0.2, 0) is 4.79 Å². The van der Waals surface area contributed by atoms with E-state index in [1.807, 2.05) is 61.5 Å². The number of rotatable bonds is 7. The summed E-state index contributed by atoms with van der Waals surface area (Å²) in [5.41, 5.74) is 5.61. The Balaban J connectivity index is 1.64. The number of nitrogens with zero attached hydrogens (tertiary/aromatic N) is 4. The molecule has 4 aromatic rings. The molecule has 3 aromatic heterocycles. The fourth-order valence-electron chi connectivity index (χ4n) is 5.05. The maximum Gasteiger partial charge on any atom is 0.224 e. The molecule has 0 radical (unpaired) electrons. The van der Waals surface area contributed by atoms with Gasteiger partial charge in [0.1, 0.15) is 11.6 Å². The van der Waals surface area contributed by atoms with Crippen molar-refractivity contribution >= 4 is 34.6 Å². The summed E-state index contributed by atoms with van der Waals surface area (Å²) in [6.45, 7) is 6.00. The number of methoxy groups -OCH3 is 1. The van der Waals surface area contributed by atoms with Gasteiger partial charge in [0.05, 0.1) is 30.6 Å². The quantitative estimate of drug-likeness (QED) is 0.311. The molecule has 38 heavy (non-hydrogen) atoms. The summed E-state index contributed by atoms with van der Waals surface area (Å²) < 4.78 is 7.81. The first kappa shape index (κ1) is 25.4. The number of carbonyl (C=O) groups is 1. The van der Waals surface area contributed by atoms with E-state index in [1.54, 1.807) is 19.5 Å². The molecule has 1 aromatic carbocycles. The first-order chi connectivity index (χ1) is 18.4. The van der Waals surface area contributed by atoms with Crippen molar-refractivity contribution in [3.8, 4) is 11.6 Å². The highest BCUT2D eigenvalue weighted by Crippen LogP contribution is 2.45. The fourth-order valence-corrected chi connectivity index (χ4v) is 5.39. The summed E-state index contributed by atoms with van der Waals surface area (Å²) in [7, 11) is 1.59. The van der Waals surface area contributed by atoms with Crippen LogP contribution in [0, 0.1) is 13.8 Å². The highest BCUT2D eigenvalue weighted by Gasteiger charge is 2.42. The number of anilines is 2. The van der Waals surface area contributed by atoms with Crippen LogP contribution in [0.15, 0.2) is 73.1 Å². The molecule has 2 atom stereocenters. The molecule has 4 heterocycles. The molecule has 0 saturated carbocycles. The molecule has 194 valence electrons. The maximum atomic E-state index is 12.0. The zero-order valence-electron chi connectivity index (χ0n) is 21.8. The van der Waals surface area contributed by atoms with E-state index in [0.29, 0.717) is 23.0 Å². The van der Waals surface area contributed by atoms with Gasteiger partial charge in [0.25, 0.3) is 0 Å². The number of benzene rings is 1. The van der Waals surface area contributed by atoms with Crippen LogP contribution in [0.3, 0.4) is 0 Å². The van der Waals surface area contributed by atoms with Crippen molar-refractivity contribution in [2.75, 3.05) is 17.3 Å². The van der Waals surface area contributed by atoms with E-state index in [4.69, 9.17) is 17.0 Å². The van der Waals surface area contributed by atoms with Gasteiger partial charge in [-0.15, -0.1) is 0 Å². The molecular weight excluding hydrogens is 496 g/mol. The van der Waals surface area contributed by atoms with Gasteiger partial charge >= 0.3 is 0 Å². The molecule has 9 heteroatoms. The highest BCUT2D eigenvalue weighted by atomic mass is 32.1. The van der Waals surface area contributed by atoms with Crippen molar-refractivity contribution in [3.63, 3.8) is 0 Å². The third kappa shape index (κ3) is 4.61. The van der Waals surface area contributed by atoms with E-state index >= 15 is 0 Å². The van der Waals surface area contributed by atoms with E-state index in [-0.39, 0.29) is 18.0 Å².